The Kier molecular flexibility index (Phi) is 10.5. The second kappa shape index (κ2) is 10.6. The zero-order chi connectivity index (χ0) is 14.3. The molecule has 0 saturated heterocycles. The summed E-state index contributed by atoms with van der Waals surface area (Å²) in [6.45, 7) is 3.61. The Balaban J connectivity index is 0.00000361. The highest BCUT2D eigenvalue weighted by Crippen LogP contribution is 2.35. The van der Waals surface area contributed by atoms with Crippen LogP contribution in [0.15, 0.2) is 17.1 Å². The largest absolute Gasteiger partial charge is 0.489 e. The average molecular weight is 453 g/mol. The van der Waals surface area contributed by atoms with Crippen LogP contribution in [0.4, 0.5) is 0 Å². The Bertz CT molecular complexity index is 435. The molecule has 1 rings (SSSR count). The van der Waals surface area contributed by atoms with Crippen molar-refractivity contribution in [2.75, 3.05) is 19.7 Å². The first-order valence-corrected chi connectivity index (χ1v) is 6.99. The highest BCUT2D eigenvalue weighted by Gasteiger charge is 2.08. The van der Waals surface area contributed by atoms with Gasteiger partial charge in [-0.3, -0.25) is 4.99 Å². The lowest BCUT2D eigenvalue weighted by molar-refractivity contribution is 0.322. The molecule has 4 nitrogen and oxygen atoms in total. The second-order valence-electron chi connectivity index (χ2n) is 3.74. The van der Waals surface area contributed by atoms with Crippen LogP contribution in [0.1, 0.15) is 13.3 Å². The molecule has 0 aliphatic rings. The van der Waals surface area contributed by atoms with Crippen LogP contribution >= 0.6 is 58.8 Å². The molecule has 0 aliphatic heterocycles. The SMILES string of the molecule is CCCN=C(N)NCCOc1c(Cl)cc(Cl)cc1Cl.I. The van der Waals surface area contributed by atoms with Gasteiger partial charge in [-0.2, -0.15) is 0 Å². The second-order valence-corrected chi connectivity index (χ2v) is 4.99. The van der Waals surface area contributed by atoms with E-state index in [4.69, 9.17) is 45.3 Å². The van der Waals surface area contributed by atoms with Crippen LogP contribution in [-0.2, 0) is 0 Å². The topological polar surface area (TPSA) is 59.6 Å². The fraction of sp³-hybridized carbons (Fsp3) is 0.417. The van der Waals surface area contributed by atoms with Gasteiger partial charge in [0, 0.05) is 11.6 Å². The predicted molar refractivity (Wildman–Crippen MR) is 97.2 cm³/mol. The van der Waals surface area contributed by atoms with Crippen molar-refractivity contribution in [2.45, 2.75) is 13.3 Å². The maximum Gasteiger partial charge on any atom is 0.188 e. The van der Waals surface area contributed by atoms with Crippen molar-refractivity contribution < 1.29 is 4.74 Å². The Morgan fingerprint density at radius 1 is 1.30 bits per heavy atom. The highest BCUT2D eigenvalue weighted by atomic mass is 127. The number of hydrogen-bond acceptors (Lipinski definition) is 2. The van der Waals surface area contributed by atoms with Gasteiger partial charge in [-0.05, 0) is 18.6 Å². The summed E-state index contributed by atoms with van der Waals surface area (Å²) >= 11 is 17.8. The summed E-state index contributed by atoms with van der Waals surface area (Å²) in [5.41, 5.74) is 5.63. The van der Waals surface area contributed by atoms with Gasteiger partial charge in [0.2, 0.25) is 0 Å². The molecule has 114 valence electrons. The van der Waals surface area contributed by atoms with Gasteiger partial charge in [0.25, 0.3) is 0 Å². The Morgan fingerprint density at radius 2 is 1.90 bits per heavy atom. The average Bonchev–Trinajstić information content (AvgIpc) is 2.34. The fourth-order valence-electron chi connectivity index (χ4n) is 1.29. The lowest BCUT2D eigenvalue weighted by Crippen LogP contribution is -2.34. The third kappa shape index (κ3) is 7.06. The van der Waals surface area contributed by atoms with Gasteiger partial charge in [-0.25, -0.2) is 0 Å². The molecule has 0 aromatic heterocycles. The highest BCUT2D eigenvalue weighted by molar-refractivity contribution is 14.0. The normalized spacial score (nSPS) is 10.9. The van der Waals surface area contributed by atoms with Crippen molar-refractivity contribution in [3.8, 4) is 5.75 Å². The maximum atomic E-state index is 5.98. The minimum atomic E-state index is 0. The summed E-state index contributed by atoms with van der Waals surface area (Å²) in [6.07, 6.45) is 0.953. The minimum Gasteiger partial charge on any atom is -0.489 e. The van der Waals surface area contributed by atoms with Gasteiger partial charge in [0.15, 0.2) is 11.7 Å². The number of hydrogen-bond donors (Lipinski definition) is 2. The third-order valence-corrected chi connectivity index (χ3v) is 2.90. The number of guanidine groups is 1. The van der Waals surface area contributed by atoms with Crippen molar-refractivity contribution in [3.05, 3.63) is 27.2 Å². The van der Waals surface area contributed by atoms with E-state index in [1.165, 1.54) is 0 Å². The molecule has 0 aliphatic carbocycles. The van der Waals surface area contributed by atoms with Crippen molar-refractivity contribution in [3.63, 3.8) is 0 Å². The first kappa shape index (κ1) is 19.9. The molecule has 0 atom stereocenters. The molecule has 0 bridgehead atoms. The molecule has 8 heteroatoms. The van der Waals surface area contributed by atoms with E-state index in [1.54, 1.807) is 12.1 Å². The smallest absolute Gasteiger partial charge is 0.188 e. The van der Waals surface area contributed by atoms with E-state index in [0.717, 1.165) is 6.42 Å². The number of benzene rings is 1. The lowest BCUT2D eigenvalue weighted by Gasteiger charge is -2.11. The van der Waals surface area contributed by atoms with E-state index in [2.05, 4.69) is 10.3 Å². The summed E-state index contributed by atoms with van der Waals surface area (Å²) in [7, 11) is 0. The fourth-order valence-corrected chi connectivity index (χ4v) is 2.21. The number of aliphatic imine (C=N–C) groups is 1. The molecule has 1 aromatic rings. The van der Waals surface area contributed by atoms with Crippen LogP contribution in [-0.4, -0.2) is 25.7 Å². The first-order chi connectivity index (χ1) is 9.04. The van der Waals surface area contributed by atoms with Crippen LogP contribution in [0.25, 0.3) is 0 Å². The van der Waals surface area contributed by atoms with Crippen molar-refractivity contribution in [1.29, 1.82) is 0 Å². The van der Waals surface area contributed by atoms with Crippen molar-refractivity contribution in [1.82, 2.24) is 5.32 Å². The summed E-state index contributed by atoms with van der Waals surface area (Å²) in [5.74, 6) is 0.817. The Labute approximate surface area is 151 Å². The molecule has 1 aromatic carbocycles. The summed E-state index contributed by atoms with van der Waals surface area (Å²) in [6, 6.07) is 3.16. The van der Waals surface area contributed by atoms with Crippen LogP contribution in [0.3, 0.4) is 0 Å². The molecular formula is C12H17Cl3IN3O. The summed E-state index contributed by atoms with van der Waals surface area (Å²) in [4.78, 5) is 4.09. The van der Waals surface area contributed by atoms with Crippen LogP contribution in [0.5, 0.6) is 5.75 Å². The lowest BCUT2D eigenvalue weighted by atomic mass is 10.3. The van der Waals surface area contributed by atoms with Gasteiger partial charge < -0.3 is 15.8 Å². The van der Waals surface area contributed by atoms with E-state index in [1.807, 2.05) is 6.92 Å². The number of nitrogens with one attached hydrogen (secondary N) is 1. The number of halogens is 4. The van der Waals surface area contributed by atoms with E-state index in [0.29, 0.717) is 46.5 Å². The van der Waals surface area contributed by atoms with Crippen molar-refractivity contribution in [2.24, 2.45) is 10.7 Å². The third-order valence-electron chi connectivity index (χ3n) is 2.12. The quantitative estimate of drug-likeness (QED) is 0.297. The minimum absolute atomic E-state index is 0. The molecule has 0 unspecified atom stereocenters. The molecule has 0 fully saturated rings. The zero-order valence-corrected chi connectivity index (χ0v) is 15.6. The zero-order valence-electron chi connectivity index (χ0n) is 11.0. The van der Waals surface area contributed by atoms with Gasteiger partial charge >= 0.3 is 0 Å². The first-order valence-electron chi connectivity index (χ1n) is 5.85. The van der Waals surface area contributed by atoms with Gasteiger partial charge in [-0.15, -0.1) is 24.0 Å². The van der Waals surface area contributed by atoms with E-state index >= 15 is 0 Å². The summed E-state index contributed by atoms with van der Waals surface area (Å²) < 4.78 is 5.48. The molecule has 0 spiro atoms. The number of ether oxygens (including phenoxy) is 1. The molecule has 0 heterocycles. The van der Waals surface area contributed by atoms with E-state index in [-0.39, 0.29) is 24.0 Å². The maximum absolute atomic E-state index is 5.98. The molecule has 20 heavy (non-hydrogen) atoms. The number of rotatable bonds is 6. The van der Waals surface area contributed by atoms with Crippen LogP contribution in [0, 0.1) is 0 Å². The summed E-state index contributed by atoms with van der Waals surface area (Å²) in [5, 5.41) is 4.16. The van der Waals surface area contributed by atoms with Crippen LogP contribution in [0.2, 0.25) is 15.1 Å². The molecule has 0 saturated carbocycles. The van der Waals surface area contributed by atoms with E-state index < -0.39 is 0 Å². The van der Waals surface area contributed by atoms with E-state index in [9.17, 15) is 0 Å². The standard InChI is InChI=1S/C12H16Cl3N3O.HI/c1-2-3-17-12(16)18-4-5-19-11-9(14)6-8(13)7-10(11)15;/h6-7H,2-5H2,1H3,(H3,16,17,18);1H. The predicted octanol–water partition coefficient (Wildman–Crippen LogP) is 3.96. The van der Waals surface area contributed by atoms with Crippen LogP contribution < -0.4 is 15.8 Å². The van der Waals surface area contributed by atoms with Gasteiger partial charge in [0.1, 0.15) is 6.61 Å². The molecular weight excluding hydrogens is 435 g/mol. The molecule has 3 N–H and O–H groups in total. The Morgan fingerprint density at radius 3 is 2.45 bits per heavy atom. The number of nitrogens with two attached hydrogens (primary N) is 1. The Hall–Kier alpha value is -0.110. The van der Waals surface area contributed by atoms with Gasteiger partial charge in [-0.1, -0.05) is 41.7 Å². The molecule has 0 amide bonds. The van der Waals surface area contributed by atoms with Gasteiger partial charge in [0.05, 0.1) is 16.6 Å². The monoisotopic (exact) mass is 451 g/mol. The molecule has 0 radical (unpaired) electrons. The van der Waals surface area contributed by atoms with Crippen molar-refractivity contribution >= 4 is 64.7 Å². The number of nitrogens with zero attached hydrogens (tertiary/aromatic N) is 1.